The normalized spacial score (nSPS) is 11.4. The van der Waals surface area contributed by atoms with Crippen molar-refractivity contribution in [1.82, 2.24) is 9.97 Å². The predicted molar refractivity (Wildman–Crippen MR) is 71.0 cm³/mol. The number of nitrogens with two attached hydrogens (primary N) is 1. The Labute approximate surface area is 105 Å². The van der Waals surface area contributed by atoms with Crippen LogP contribution in [0.4, 0.5) is 11.6 Å². The van der Waals surface area contributed by atoms with E-state index in [9.17, 15) is 8.42 Å². The zero-order valence-electron chi connectivity index (χ0n) is 9.80. The average molecular weight is 276 g/mol. The fourth-order valence-corrected chi connectivity index (χ4v) is 2.23. The molecule has 0 atom stereocenters. The van der Waals surface area contributed by atoms with E-state index in [-0.39, 0.29) is 5.75 Å². The Kier molecular flexibility index (Phi) is 5.01. The molecular weight excluding hydrogens is 260 g/mol. The number of sulfone groups is 1. The standard InChI is InChI=1S/C9H16N4O2S2/c1-16-9-12-7(10)6-8(13-9)11-4-3-5-17(2,14)15/h6H,3-5H2,1-2H3,(H3,10,11,12,13). The van der Waals surface area contributed by atoms with Gasteiger partial charge in [-0.1, -0.05) is 11.8 Å². The van der Waals surface area contributed by atoms with Crippen molar-refractivity contribution in [3.8, 4) is 0 Å². The van der Waals surface area contributed by atoms with Crippen LogP contribution in [0.15, 0.2) is 11.2 Å². The Hall–Kier alpha value is -1.02. The highest BCUT2D eigenvalue weighted by Gasteiger charge is 2.03. The maximum atomic E-state index is 10.9. The van der Waals surface area contributed by atoms with E-state index in [0.717, 1.165) is 0 Å². The minimum Gasteiger partial charge on any atom is -0.383 e. The molecule has 0 radical (unpaired) electrons. The van der Waals surface area contributed by atoms with Crippen LogP contribution >= 0.6 is 11.8 Å². The summed E-state index contributed by atoms with van der Waals surface area (Å²) in [6, 6.07) is 1.63. The third-order valence-electron chi connectivity index (χ3n) is 1.91. The summed E-state index contributed by atoms with van der Waals surface area (Å²) in [7, 11) is -2.90. The van der Waals surface area contributed by atoms with Crippen molar-refractivity contribution in [2.24, 2.45) is 0 Å². The third-order valence-corrected chi connectivity index (χ3v) is 3.48. The molecule has 1 heterocycles. The molecule has 0 aromatic carbocycles. The van der Waals surface area contributed by atoms with Crippen LogP contribution in [-0.2, 0) is 9.84 Å². The van der Waals surface area contributed by atoms with Gasteiger partial charge in [0.1, 0.15) is 21.5 Å². The number of rotatable bonds is 6. The third kappa shape index (κ3) is 5.73. The first-order chi connectivity index (χ1) is 7.90. The molecule has 8 heteroatoms. The van der Waals surface area contributed by atoms with Crippen molar-refractivity contribution < 1.29 is 8.42 Å². The minimum atomic E-state index is -2.90. The SMILES string of the molecule is CSc1nc(N)cc(NCCCS(C)(=O)=O)n1. The van der Waals surface area contributed by atoms with Crippen LogP contribution in [0.2, 0.25) is 0 Å². The Bertz CT molecular complexity index is 476. The van der Waals surface area contributed by atoms with Gasteiger partial charge in [-0.25, -0.2) is 18.4 Å². The van der Waals surface area contributed by atoms with Crippen molar-refractivity contribution >= 4 is 33.2 Å². The lowest BCUT2D eigenvalue weighted by Crippen LogP contribution is -2.11. The summed E-state index contributed by atoms with van der Waals surface area (Å²) in [6.07, 6.45) is 3.63. The Morgan fingerprint density at radius 2 is 2.18 bits per heavy atom. The second-order valence-corrected chi connectivity index (χ2v) is 6.61. The molecule has 0 saturated heterocycles. The molecule has 0 amide bonds. The summed E-state index contributed by atoms with van der Waals surface area (Å²) in [5, 5.41) is 3.62. The molecule has 96 valence electrons. The number of nitrogens with zero attached hydrogens (tertiary/aromatic N) is 2. The van der Waals surface area contributed by atoms with Crippen LogP contribution in [0.1, 0.15) is 6.42 Å². The number of hydrogen-bond donors (Lipinski definition) is 2. The van der Waals surface area contributed by atoms with Gasteiger partial charge in [0.15, 0.2) is 5.16 Å². The van der Waals surface area contributed by atoms with E-state index in [2.05, 4.69) is 15.3 Å². The predicted octanol–water partition coefficient (Wildman–Crippen LogP) is 0.627. The van der Waals surface area contributed by atoms with Crippen molar-refractivity contribution in [3.05, 3.63) is 6.07 Å². The van der Waals surface area contributed by atoms with E-state index < -0.39 is 9.84 Å². The van der Waals surface area contributed by atoms with Crippen LogP contribution in [-0.4, -0.2) is 43.2 Å². The molecule has 0 unspecified atom stereocenters. The second-order valence-electron chi connectivity index (χ2n) is 3.57. The Balaban J connectivity index is 2.49. The number of thioether (sulfide) groups is 1. The van der Waals surface area contributed by atoms with Gasteiger partial charge in [-0.05, 0) is 12.7 Å². The van der Waals surface area contributed by atoms with Gasteiger partial charge in [0, 0.05) is 18.9 Å². The summed E-state index contributed by atoms with van der Waals surface area (Å²) >= 11 is 1.40. The van der Waals surface area contributed by atoms with Crippen molar-refractivity contribution in [1.29, 1.82) is 0 Å². The minimum absolute atomic E-state index is 0.163. The highest BCUT2D eigenvalue weighted by Crippen LogP contribution is 2.14. The topological polar surface area (TPSA) is 98.0 Å². The van der Waals surface area contributed by atoms with E-state index in [1.807, 2.05) is 6.26 Å². The maximum Gasteiger partial charge on any atom is 0.191 e. The maximum absolute atomic E-state index is 10.9. The van der Waals surface area contributed by atoms with Crippen LogP contribution in [0.5, 0.6) is 0 Å². The molecule has 17 heavy (non-hydrogen) atoms. The molecule has 0 aliphatic rings. The van der Waals surface area contributed by atoms with E-state index >= 15 is 0 Å². The molecule has 0 saturated carbocycles. The van der Waals surface area contributed by atoms with Gasteiger partial charge in [-0.3, -0.25) is 0 Å². The van der Waals surface area contributed by atoms with Crippen LogP contribution < -0.4 is 11.1 Å². The van der Waals surface area contributed by atoms with Gasteiger partial charge < -0.3 is 11.1 Å². The monoisotopic (exact) mass is 276 g/mol. The molecular formula is C9H16N4O2S2. The van der Waals surface area contributed by atoms with Crippen molar-refractivity contribution in [2.45, 2.75) is 11.6 Å². The molecule has 0 fully saturated rings. The molecule has 1 aromatic heterocycles. The number of aromatic nitrogens is 2. The second kappa shape index (κ2) is 6.06. The first-order valence-electron chi connectivity index (χ1n) is 5.01. The molecule has 3 N–H and O–H groups in total. The van der Waals surface area contributed by atoms with E-state index in [4.69, 9.17) is 5.73 Å². The largest absolute Gasteiger partial charge is 0.383 e. The summed E-state index contributed by atoms with van der Waals surface area (Å²) in [6.45, 7) is 0.539. The van der Waals surface area contributed by atoms with Gasteiger partial charge in [-0.15, -0.1) is 0 Å². The molecule has 0 aliphatic heterocycles. The van der Waals surface area contributed by atoms with Crippen LogP contribution in [0.3, 0.4) is 0 Å². The average Bonchev–Trinajstić information content (AvgIpc) is 2.22. The van der Waals surface area contributed by atoms with Crippen LogP contribution in [0, 0.1) is 0 Å². The zero-order chi connectivity index (χ0) is 12.9. The van der Waals surface area contributed by atoms with Crippen molar-refractivity contribution in [2.75, 3.05) is 35.9 Å². The smallest absolute Gasteiger partial charge is 0.191 e. The fourth-order valence-electron chi connectivity index (χ4n) is 1.18. The Morgan fingerprint density at radius 1 is 1.47 bits per heavy atom. The first-order valence-corrected chi connectivity index (χ1v) is 8.29. The molecule has 0 spiro atoms. The van der Waals surface area contributed by atoms with Gasteiger partial charge in [-0.2, -0.15) is 0 Å². The number of hydrogen-bond acceptors (Lipinski definition) is 7. The fraction of sp³-hybridized carbons (Fsp3) is 0.556. The van der Waals surface area contributed by atoms with Gasteiger partial charge >= 0.3 is 0 Å². The molecule has 0 bridgehead atoms. The van der Waals surface area contributed by atoms with E-state index in [1.54, 1.807) is 6.07 Å². The van der Waals surface area contributed by atoms with Crippen LogP contribution in [0.25, 0.3) is 0 Å². The van der Waals surface area contributed by atoms with Crippen molar-refractivity contribution in [3.63, 3.8) is 0 Å². The number of nitrogen functional groups attached to an aromatic ring is 1. The Morgan fingerprint density at radius 3 is 2.76 bits per heavy atom. The van der Waals surface area contributed by atoms with Gasteiger partial charge in [0.25, 0.3) is 0 Å². The zero-order valence-corrected chi connectivity index (χ0v) is 11.4. The van der Waals surface area contributed by atoms with Gasteiger partial charge in [0.05, 0.1) is 5.75 Å². The highest BCUT2D eigenvalue weighted by atomic mass is 32.2. The molecule has 1 aromatic rings. The summed E-state index contributed by atoms with van der Waals surface area (Å²) in [5.74, 6) is 1.18. The number of anilines is 2. The lowest BCUT2D eigenvalue weighted by Gasteiger charge is -2.06. The molecule has 6 nitrogen and oxygen atoms in total. The first kappa shape index (κ1) is 14.0. The summed E-state index contributed by atoms with van der Waals surface area (Å²) < 4.78 is 21.8. The lowest BCUT2D eigenvalue weighted by molar-refractivity contribution is 0.600. The highest BCUT2D eigenvalue weighted by molar-refractivity contribution is 7.98. The van der Waals surface area contributed by atoms with Gasteiger partial charge in [0.2, 0.25) is 0 Å². The molecule has 1 rings (SSSR count). The van der Waals surface area contributed by atoms with E-state index in [0.29, 0.717) is 29.8 Å². The molecule has 0 aliphatic carbocycles. The summed E-state index contributed by atoms with van der Waals surface area (Å²) in [5.41, 5.74) is 5.61. The summed E-state index contributed by atoms with van der Waals surface area (Å²) in [4.78, 5) is 8.21. The number of nitrogens with one attached hydrogen (secondary N) is 1. The van der Waals surface area contributed by atoms with E-state index in [1.165, 1.54) is 18.0 Å². The quantitative estimate of drug-likeness (QED) is 0.446. The lowest BCUT2D eigenvalue weighted by atomic mass is 10.4.